The molecule has 0 bridgehead atoms. The zero-order valence-corrected chi connectivity index (χ0v) is 9.44. The second-order valence-electron chi connectivity index (χ2n) is 3.53. The molecule has 0 N–H and O–H groups in total. The van der Waals surface area contributed by atoms with Crippen molar-refractivity contribution >= 4 is 33.9 Å². The van der Waals surface area contributed by atoms with Crippen LogP contribution in [0.1, 0.15) is 6.92 Å². The Kier molecular flexibility index (Phi) is 2.04. The van der Waals surface area contributed by atoms with E-state index in [4.69, 9.17) is 11.6 Å². The zero-order chi connectivity index (χ0) is 11.1. The van der Waals surface area contributed by atoms with Crippen LogP contribution in [0, 0.1) is 0 Å². The highest BCUT2D eigenvalue weighted by Gasteiger charge is 2.06. The van der Waals surface area contributed by atoms with E-state index >= 15 is 0 Å². The van der Waals surface area contributed by atoms with Gasteiger partial charge in [0.1, 0.15) is 0 Å². The molecule has 0 unspecified atom stereocenters. The highest BCUT2D eigenvalue weighted by molar-refractivity contribution is 6.31. The lowest BCUT2D eigenvalue weighted by molar-refractivity contribution is 0.779. The van der Waals surface area contributed by atoms with Gasteiger partial charge in [-0.05, 0) is 25.1 Å². The minimum atomic E-state index is 0.663. The first-order chi connectivity index (χ1) is 7.78. The van der Waals surface area contributed by atoms with E-state index in [1.807, 2.05) is 16.7 Å². The van der Waals surface area contributed by atoms with Crippen molar-refractivity contribution in [3.05, 3.63) is 29.5 Å². The van der Waals surface area contributed by atoms with Crippen molar-refractivity contribution in [3.63, 3.8) is 0 Å². The summed E-state index contributed by atoms with van der Waals surface area (Å²) in [6.45, 7) is 2.89. The van der Waals surface area contributed by atoms with Crippen LogP contribution in [0.15, 0.2) is 24.5 Å². The van der Waals surface area contributed by atoms with Gasteiger partial charge in [0.05, 0.1) is 17.4 Å². The fraction of sp³-hybridized carbons (Fsp3) is 0.182. The number of rotatable bonds is 1. The maximum atomic E-state index is 5.91. The molecule has 0 aliphatic rings. The van der Waals surface area contributed by atoms with Crippen LogP contribution in [0.2, 0.25) is 5.02 Å². The van der Waals surface area contributed by atoms with E-state index in [9.17, 15) is 0 Å². The monoisotopic (exact) mass is 232 g/mol. The summed E-state index contributed by atoms with van der Waals surface area (Å²) < 4.78 is 1.97. The molecule has 4 nitrogen and oxygen atoms in total. The smallest absolute Gasteiger partial charge is 0.198 e. The number of hydrogen-bond donors (Lipinski definition) is 0. The number of fused-ring (bicyclic) bond motifs is 2. The molecule has 5 heteroatoms. The lowest BCUT2D eigenvalue weighted by Gasteiger charge is -2.00. The van der Waals surface area contributed by atoms with E-state index in [-0.39, 0.29) is 0 Å². The van der Waals surface area contributed by atoms with Crippen LogP contribution in [0.3, 0.4) is 0 Å². The van der Waals surface area contributed by atoms with Crippen LogP contribution in [0.25, 0.3) is 22.3 Å². The molecule has 16 heavy (non-hydrogen) atoms. The van der Waals surface area contributed by atoms with E-state index in [0.717, 1.165) is 23.2 Å². The van der Waals surface area contributed by atoms with Crippen molar-refractivity contribution in [2.24, 2.45) is 0 Å². The van der Waals surface area contributed by atoms with Crippen LogP contribution in [0.4, 0.5) is 0 Å². The van der Waals surface area contributed by atoms with Crippen molar-refractivity contribution in [1.29, 1.82) is 0 Å². The van der Waals surface area contributed by atoms with E-state index < -0.39 is 0 Å². The van der Waals surface area contributed by atoms with Gasteiger partial charge in [0, 0.05) is 11.6 Å². The summed E-state index contributed by atoms with van der Waals surface area (Å²) in [5.41, 5.74) is 3.10. The van der Waals surface area contributed by atoms with Crippen LogP contribution in [0.5, 0.6) is 0 Å². The van der Waals surface area contributed by atoms with Crippen LogP contribution >= 0.6 is 11.6 Å². The lowest BCUT2D eigenvalue weighted by Crippen LogP contribution is -1.94. The molecular formula is C11H9ClN4. The van der Waals surface area contributed by atoms with Gasteiger partial charge in [0.15, 0.2) is 11.3 Å². The average molecular weight is 233 g/mol. The van der Waals surface area contributed by atoms with Crippen LogP contribution in [-0.2, 0) is 6.54 Å². The molecule has 2 heterocycles. The quantitative estimate of drug-likeness (QED) is 0.648. The SMILES string of the molecule is CCn1cnc2nc3cc(Cl)ccc3nc21. The summed E-state index contributed by atoms with van der Waals surface area (Å²) in [6.07, 6.45) is 1.76. The first kappa shape index (κ1) is 9.54. The molecule has 0 saturated heterocycles. The number of halogens is 1. The van der Waals surface area contributed by atoms with E-state index in [0.29, 0.717) is 10.7 Å². The maximum absolute atomic E-state index is 5.91. The van der Waals surface area contributed by atoms with E-state index in [2.05, 4.69) is 21.9 Å². The Balaban J connectivity index is 2.41. The highest BCUT2D eigenvalue weighted by atomic mass is 35.5. The molecule has 0 amide bonds. The molecular weight excluding hydrogens is 224 g/mol. The fourth-order valence-corrected chi connectivity index (χ4v) is 1.86. The second kappa shape index (κ2) is 3.42. The minimum Gasteiger partial charge on any atom is -0.314 e. The first-order valence-corrected chi connectivity index (χ1v) is 5.44. The fourth-order valence-electron chi connectivity index (χ4n) is 1.70. The van der Waals surface area contributed by atoms with E-state index in [1.165, 1.54) is 0 Å². The zero-order valence-electron chi connectivity index (χ0n) is 8.68. The third kappa shape index (κ3) is 1.34. The molecule has 1 aromatic carbocycles. The van der Waals surface area contributed by atoms with Gasteiger partial charge in [-0.25, -0.2) is 15.0 Å². The molecule has 3 aromatic rings. The van der Waals surface area contributed by atoms with Crippen molar-refractivity contribution in [2.45, 2.75) is 13.5 Å². The van der Waals surface area contributed by atoms with Gasteiger partial charge in [-0.1, -0.05) is 11.6 Å². The van der Waals surface area contributed by atoms with Gasteiger partial charge in [-0.2, -0.15) is 0 Å². The standard InChI is InChI=1S/C11H9ClN4/c1-2-16-6-13-10-11(16)15-8-4-3-7(12)5-9(8)14-10/h3-6H,2H2,1H3. The summed E-state index contributed by atoms with van der Waals surface area (Å²) in [7, 11) is 0. The number of hydrogen-bond acceptors (Lipinski definition) is 3. The Labute approximate surface area is 96.9 Å². The topological polar surface area (TPSA) is 43.6 Å². The number of benzene rings is 1. The number of aromatic nitrogens is 4. The van der Waals surface area contributed by atoms with Gasteiger partial charge in [0.25, 0.3) is 0 Å². The van der Waals surface area contributed by atoms with Crippen molar-refractivity contribution in [2.75, 3.05) is 0 Å². The van der Waals surface area contributed by atoms with Gasteiger partial charge in [-0.15, -0.1) is 0 Å². The van der Waals surface area contributed by atoms with Crippen LogP contribution in [-0.4, -0.2) is 19.5 Å². The minimum absolute atomic E-state index is 0.663. The lowest BCUT2D eigenvalue weighted by atomic mass is 10.3. The molecule has 0 saturated carbocycles. The van der Waals surface area contributed by atoms with Crippen molar-refractivity contribution < 1.29 is 0 Å². The van der Waals surface area contributed by atoms with Gasteiger partial charge < -0.3 is 4.57 Å². The van der Waals surface area contributed by atoms with Crippen LogP contribution < -0.4 is 0 Å². The molecule has 0 fully saturated rings. The third-order valence-corrected chi connectivity index (χ3v) is 2.76. The number of nitrogens with zero attached hydrogens (tertiary/aromatic N) is 4. The highest BCUT2D eigenvalue weighted by Crippen LogP contribution is 2.18. The summed E-state index contributed by atoms with van der Waals surface area (Å²) in [5, 5.41) is 0.663. The number of imidazole rings is 1. The normalized spacial score (nSPS) is 11.4. The molecule has 0 spiro atoms. The Bertz CT molecular complexity index is 674. The Morgan fingerprint density at radius 2 is 2.12 bits per heavy atom. The molecule has 2 aromatic heterocycles. The second-order valence-corrected chi connectivity index (χ2v) is 3.97. The van der Waals surface area contributed by atoms with E-state index in [1.54, 1.807) is 12.4 Å². The van der Waals surface area contributed by atoms with Gasteiger partial charge in [-0.3, -0.25) is 0 Å². The Morgan fingerprint density at radius 3 is 2.94 bits per heavy atom. The molecule has 0 aliphatic heterocycles. The summed E-state index contributed by atoms with van der Waals surface area (Å²) >= 11 is 5.91. The Hall–Kier alpha value is -1.68. The van der Waals surface area contributed by atoms with Gasteiger partial charge >= 0.3 is 0 Å². The molecule has 3 rings (SSSR count). The maximum Gasteiger partial charge on any atom is 0.198 e. The molecule has 0 atom stereocenters. The Morgan fingerprint density at radius 1 is 1.25 bits per heavy atom. The summed E-state index contributed by atoms with van der Waals surface area (Å²) in [5.74, 6) is 0. The molecule has 0 aliphatic carbocycles. The third-order valence-electron chi connectivity index (χ3n) is 2.52. The van der Waals surface area contributed by atoms with Crippen molar-refractivity contribution in [1.82, 2.24) is 19.5 Å². The summed E-state index contributed by atoms with van der Waals surface area (Å²) in [4.78, 5) is 13.2. The van der Waals surface area contributed by atoms with Gasteiger partial charge in [0.2, 0.25) is 0 Å². The predicted octanol–water partition coefficient (Wildman–Crippen LogP) is 2.65. The molecule has 80 valence electrons. The average Bonchev–Trinajstić information content (AvgIpc) is 2.68. The number of aryl methyl sites for hydroxylation is 1. The predicted molar refractivity (Wildman–Crippen MR) is 63.5 cm³/mol. The largest absolute Gasteiger partial charge is 0.314 e. The van der Waals surface area contributed by atoms with Crippen molar-refractivity contribution in [3.8, 4) is 0 Å². The first-order valence-electron chi connectivity index (χ1n) is 5.06. The summed E-state index contributed by atoms with van der Waals surface area (Å²) in [6, 6.07) is 5.49. The molecule has 0 radical (unpaired) electrons.